The van der Waals surface area contributed by atoms with Crippen LogP contribution in [0.2, 0.25) is 22.3 Å². The fourth-order valence-electron chi connectivity index (χ4n) is 3.47. The van der Waals surface area contributed by atoms with Gasteiger partial charge in [0.15, 0.2) is 0 Å². The van der Waals surface area contributed by atoms with Gasteiger partial charge in [-0.2, -0.15) is 0 Å². The molecule has 0 heterocycles. The fourth-order valence-corrected chi connectivity index (χ4v) is 5.88. The first-order valence-corrected chi connectivity index (χ1v) is 21.1. The van der Waals surface area contributed by atoms with E-state index in [2.05, 4.69) is 24.1 Å². The van der Waals surface area contributed by atoms with Crippen molar-refractivity contribution < 1.29 is 18.5 Å². The summed E-state index contributed by atoms with van der Waals surface area (Å²) in [5.74, 6) is 0. The zero-order valence-corrected chi connectivity index (χ0v) is 23.5. The topological polar surface area (TPSA) is 55.8 Å². The summed E-state index contributed by atoms with van der Waals surface area (Å²) >= 11 is -1.57. The molecule has 0 radical (unpaired) electrons. The second-order valence-corrected chi connectivity index (χ2v) is 21.8. The Bertz CT molecular complexity index is 413. The van der Waals surface area contributed by atoms with Gasteiger partial charge in [0.25, 0.3) is 0 Å². The van der Waals surface area contributed by atoms with E-state index < -0.39 is 21.4 Å². The summed E-state index contributed by atoms with van der Waals surface area (Å²) < 4.78 is 21.9. The van der Waals surface area contributed by atoms with Crippen molar-refractivity contribution >= 4 is 21.4 Å². The van der Waals surface area contributed by atoms with Crippen LogP contribution >= 0.6 is 7.82 Å². The number of unbranched alkanes of at least 4 members (excludes halogenated alkanes) is 16. The van der Waals surface area contributed by atoms with Crippen molar-refractivity contribution in [1.29, 1.82) is 0 Å². The molecule has 6 heteroatoms. The molecular weight excluding hydrogens is 458 g/mol. The second kappa shape index (κ2) is 20.3. The average Bonchev–Trinajstić information content (AvgIpc) is 2.65. The predicted octanol–water partition coefficient (Wildman–Crippen LogP) is 9.11. The molecule has 0 saturated heterocycles. The molecule has 4 nitrogen and oxygen atoms in total. The second-order valence-electron chi connectivity index (χ2n) is 9.81. The summed E-state index contributed by atoms with van der Waals surface area (Å²) in [4.78, 5) is 9.68. The molecule has 0 aromatic rings. The van der Waals surface area contributed by atoms with Gasteiger partial charge in [0.05, 0.1) is 0 Å². The van der Waals surface area contributed by atoms with E-state index in [0.29, 0.717) is 13.2 Å². The van der Waals surface area contributed by atoms with Gasteiger partial charge < -0.3 is 0 Å². The molecule has 0 rings (SSSR count). The average molecular weight is 512 g/mol. The Hall–Kier alpha value is 0.668. The van der Waals surface area contributed by atoms with Gasteiger partial charge in [0.2, 0.25) is 0 Å². The van der Waals surface area contributed by atoms with Crippen molar-refractivity contribution in [3.8, 4) is 0 Å². The van der Waals surface area contributed by atoms with Gasteiger partial charge >= 0.3 is 114 Å². The van der Waals surface area contributed by atoms with Crippen LogP contribution in [-0.4, -0.2) is 31.7 Å². The van der Waals surface area contributed by atoms with E-state index in [9.17, 15) is 9.46 Å². The zero-order valence-electron chi connectivity index (χ0n) is 20.7. The van der Waals surface area contributed by atoms with Gasteiger partial charge in [-0.15, -0.1) is 0 Å². The van der Waals surface area contributed by atoms with E-state index in [0.717, 1.165) is 18.1 Å². The molecule has 1 N–H and O–H groups in total. The summed E-state index contributed by atoms with van der Waals surface area (Å²) in [6.45, 7) is 2.94. The van der Waals surface area contributed by atoms with E-state index in [-0.39, 0.29) is 0 Å². The van der Waals surface area contributed by atoms with Crippen LogP contribution in [0.5, 0.6) is 0 Å². The Labute approximate surface area is 191 Å². The predicted molar refractivity (Wildman–Crippen MR) is 134 cm³/mol. The van der Waals surface area contributed by atoms with Crippen LogP contribution < -0.4 is 0 Å². The summed E-state index contributed by atoms with van der Waals surface area (Å²) in [5, 5.41) is 0.908. The Balaban J connectivity index is 3.26. The Morgan fingerprint density at radius 1 is 0.600 bits per heavy atom. The van der Waals surface area contributed by atoms with E-state index >= 15 is 0 Å². The van der Waals surface area contributed by atoms with Crippen molar-refractivity contribution in [3.63, 3.8) is 0 Å². The van der Waals surface area contributed by atoms with Crippen molar-refractivity contribution in [2.75, 3.05) is 13.2 Å². The molecule has 0 aromatic heterocycles. The molecule has 0 aliphatic heterocycles. The standard InChI is InChI=1S/C24H52AsO4P/c1-5-6-7-8-9-10-11-12-13-14-15-16-17-18-19-20-21-23-28-30(26,27)29-24-22-25(2,3)4/h5-24H2,1-4H3/p+1. The summed E-state index contributed by atoms with van der Waals surface area (Å²) in [6.07, 6.45) is 22.6. The van der Waals surface area contributed by atoms with Crippen LogP contribution in [0.1, 0.15) is 116 Å². The van der Waals surface area contributed by atoms with E-state index in [1.54, 1.807) is 0 Å². The van der Waals surface area contributed by atoms with E-state index in [1.165, 1.54) is 96.3 Å². The fraction of sp³-hybridized carbons (Fsp3) is 1.00. The van der Waals surface area contributed by atoms with Gasteiger partial charge in [0, 0.05) is 0 Å². The first-order chi connectivity index (χ1) is 14.3. The number of phosphoric acid groups is 1. The monoisotopic (exact) mass is 511 g/mol. The first-order valence-electron chi connectivity index (χ1n) is 12.7. The van der Waals surface area contributed by atoms with Crippen LogP contribution in [0.15, 0.2) is 0 Å². The van der Waals surface area contributed by atoms with Gasteiger partial charge in [-0.1, -0.05) is 77.6 Å². The van der Waals surface area contributed by atoms with Gasteiger partial charge in [-0.25, -0.2) is 0 Å². The molecule has 0 saturated carbocycles. The number of phosphoric ester groups is 1. The third-order valence-corrected chi connectivity index (χ3v) is 9.73. The molecule has 182 valence electrons. The molecule has 0 fully saturated rings. The van der Waals surface area contributed by atoms with Gasteiger partial charge in [-0.05, 0) is 0 Å². The molecular formula is C24H53AsO4P+. The third kappa shape index (κ3) is 24.9. The summed E-state index contributed by atoms with van der Waals surface area (Å²) in [6, 6.07) is 0. The Morgan fingerprint density at radius 3 is 1.30 bits per heavy atom. The Kier molecular flexibility index (Phi) is 20.7. The summed E-state index contributed by atoms with van der Waals surface area (Å²) in [7, 11) is -3.84. The van der Waals surface area contributed by atoms with Crippen LogP contribution in [0.25, 0.3) is 0 Å². The molecule has 1 atom stereocenters. The maximum atomic E-state index is 11.8. The molecule has 0 spiro atoms. The molecule has 0 bridgehead atoms. The molecule has 0 aromatic carbocycles. The quantitative estimate of drug-likeness (QED) is 0.0844. The van der Waals surface area contributed by atoms with Crippen LogP contribution in [0, 0.1) is 0 Å². The van der Waals surface area contributed by atoms with Crippen molar-refractivity contribution in [1.82, 2.24) is 0 Å². The Morgan fingerprint density at radius 2 is 0.933 bits per heavy atom. The van der Waals surface area contributed by atoms with Crippen molar-refractivity contribution in [3.05, 3.63) is 0 Å². The van der Waals surface area contributed by atoms with Crippen LogP contribution in [0.3, 0.4) is 0 Å². The van der Waals surface area contributed by atoms with Crippen LogP contribution in [0.4, 0.5) is 0 Å². The zero-order chi connectivity index (χ0) is 22.6. The third-order valence-electron chi connectivity index (χ3n) is 5.52. The molecule has 1 unspecified atom stereocenters. The van der Waals surface area contributed by atoms with Crippen molar-refractivity contribution in [2.24, 2.45) is 0 Å². The number of rotatable bonds is 23. The van der Waals surface area contributed by atoms with E-state index in [4.69, 9.17) is 9.05 Å². The molecule has 0 amide bonds. The van der Waals surface area contributed by atoms with Crippen LogP contribution in [-0.2, 0) is 13.6 Å². The SMILES string of the molecule is CCCCCCCCCCCCCCCCCCCOP(=O)(O)OCC[As+](C)(C)C. The number of hydrogen-bond donors (Lipinski definition) is 1. The molecule has 0 aliphatic carbocycles. The van der Waals surface area contributed by atoms with Gasteiger partial charge in [0.1, 0.15) is 0 Å². The van der Waals surface area contributed by atoms with Gasteiger partial charge in [-0.3, -0.25) is 0 Å². The first kappa shape index (κ1) is 30.7. The molecule has 0 aliphatic rings. The van der Waals surface area contributed by atoms with Crippen molar-refractivity contribution in [2.45, 2.75) is 138 Å². The summed E-state index contributed by atoms with van der Waals surface area (Å²) in [5.41, 5.74) is 6.76. The minimum atomic E-state index is -3.84. The molecule has 30 heavy (non-hydrogen) atoms. The minimum absolute atomic E-state index is 0.321. The van der Waals surface area contributed by atoms with E-state index in [1.807, 2.05) is 0 Å². The normalized spacial score (nSPS) is 14.2. The maximum absolute atomic E-state index is 11.8. The number of hydrogen-bond acceptors (Lipinski definition) is 3.